The van der Waals surface area contributed by atoms with Crippen LogP contribution in [0.5, 0.6) is 0 Å². The topological polar surface area (TPSA) is 101 Å². The number of benzene rings is 1. The molecule has 0 aromatic heterocycles. The van der Waals surface area contributed by atoms with E-state index in [0.29, 0.717) is 6.54 Å². The van der Waals surface area contributed by atoms with Crippen molar-refractivity contribution in [1.82, 2.24) is 10.2 Å². The molecule has 22 heavy (non-hydrogen) atoms. The van der Waals surface area contributed by atoms with E-state index < -0.39 is 6.03 Å². The summed E-state index contributed by atoms with van der Waals surface area (Å²) in [6.45, 7) is 0.470. The molecule has 3 aliphatic rings. The first-order chi connectivity index (χ1) is 9.92. The molecule has 0 aliphatic heterocycles. The number of nitrogens with zero attached hydrogens (tertiary/aromatic N) is 1. The van der Waals surface area contributed by atoms with E-state index in [0.717, 1.165) is 24.8 Å². The Morgan fingerprint density at radius 3 is 2.27 bits per heavy atom. The van der Waals surface area contributed by atoms with Crippen LogP contribution < -0.4 is 16.8 Å². The predicted octanol–water partition coefficient (Wildman–Crippen LogP) is 0.739. The number of primary amides is 1. The number of hydrogen-bond donors (Lipinski definition) is 3. The Balaban J connectivity index is 0.00000176. The molecule has 0 heterocycles. The molecule has 120 valence electrons. The third kappa shape index (κ3) is 2.89. The second kappa shape index (κ2) is 5.78. The summed E-state index contributed by atoms with van der Waals surface area (Å²) in [5.74, 6) is -0.112. The Labute approximate surface area is 135 Å². The fourth-order valence-corrected chi connectivity index (χ4v) is 3.64. The van der Waals surface area contributed by atoms with Gasteiger partial charge < -0.3 is 21.7 Å². The first-order valence-electron chi connectivity index (χ1n) is 7.09. The molecule has 3 aliphatic carbocycles. The quantitative estimate of drug-likeness (QED) is 0.744. The number of nitrogens with one attached hydrogen (secondary N) is 1. The molecule has 0 saturated heterocycles. The molecule has 3 amide bonds. The van der Waals surface area contributed by atoms with Crippen molar-refractivity contribution in [2.75, 3.05) is 6.54 Å². The van der Waals surface area contributed by atoms with Crippen molar-refractivity contribution in [3.05, 3.63) is 35.9 Å². The van der Waals surface area contributed by atoms with E-state index in [1.54, 1.807) is 0 Å². The normalized spacial score (nSPS) is 27.7. The minimum absolute atomic E-state index is 0. The minimum atomic E-state index is -0.684. The van der Waals surface area contributed by atoms with Gasteiger partial charge in [0.2, 0.25) is 5.91 Å². The van der Waals surface area contributed by atoms with Gasteiger partial charge in [0.15, 0.2) is 0 Å². The first kappa shape index (κ1) is 16.6. The SMILES string of the molecule is Cl.NC(=O)NCC(=O)N(Cc1ccccc1)C12CC(N)(C1)C2. The van der Waals surface area contributed by atoms with Crippen LogP contribution in [-0.4, -0.2) is 34.5 Å². The highest BCUT2D eigenvalue weighted by Gasteiger charge is 2.69. The van der Waals surface area contributed by atoms with Gasteiger partial charge in [-0.2, -0.15) is 0 Å². The highest BCUT2D eigenvalue weighted by atomic mass is 35.5. The summed E-state index contributed by atoms with van der Waals surface area (Å²) in [6.07, 6.45) is 2.53. The predicted molar refractivity (Wildman–Crippen MR) is 85.3 cm³/mol. The van der Waals surface area contributed by atoms with E-state index in [1.165, 1.54) is 0 Å². The Bertz CT molecular complexity index is 558. The second-order valence-electron chi connectivity index (χ2n) is 6.30. The van der Waals surface area contributed by atoms with Crippen molar-refractivity contribution in [1.29, 1.82) is 0 Å². The van der Waals surface area contributed by atoms with Gasteiger partial charge >= 0.3 is 6.03 Å². The molecule has 6 nitrogen and oxygen atoms in total. The molecule has 0 atom stereocenters. The number of carbonyl (C=O) groups is 2. The smallest absolute Gasteiger partial charge is 0.312 e. The Hall–Kier alpha value is -1.79. The van der Waals surface area contributed by atoms with E-state index in [4.69, 9.17) is 11.5 Å². The maximum absolute atomic E-state index is 12.4. The third-order valence-electron chi connectivity index (χ3n) is 4.51. The fourth-order valence-electron chi connectivity index (χ4n) is 3.64. The van der Waals surface area contributed by atoms with Crippen molar-refractivity contribution in [2.24, 2.45) is 11.5 Å². The van der Waals surface area contributed by atoms with Gasteiger partial charge in [-0.1, -0.05) is 30.3 Å². The van der Waals surface area contributed by atoms with Gasteiger partial charge in [0.25, 0.3) is 0 Å². The van der Waals surface area contributed by atoms with Gasteiger partial charge in [-0.3, -0.25) is 4.79 Å². The molecule has 3 fully saturated rings. The average molecular weight is 325 g/mol. The van der Waals surface area contributed by atoms with Crippen molar-refractivity contribution >= 4 is 24.3 Å². The second-order valence-corrected chi connectivity index (χ2v) is 6.30. The van der Waals surface area contributed by atoms with Gasteiger partial charge in [0.05, 0.1) is 6.54 Å². The largest absolute Gasteiger partial charge is 0.352 e. The molecule has 0 spiro atoms. The molecule has 1 aromatic carbocycles. The Morgan fingerprint density at radius 2 is 1.77 bits per heavy atom. The summed E-state index contributed by atoms with van der Waals surface area (Å²) in [6, 6.07) is 9.14. The lowest BCUT2D eigenvalue weighted by Crippen LogP contribution is -2.82. The van der Waals surface area contributed by atoms with Crippen LogP contribution in [0.3, 0.4) is 0 Å². The summed E-state index contributed by atoms with van der Waals surface area (Å²) in [4.78, 5) is 25.1. The third-order valence-corrected chi connectivity index (χ3v) is 4.51. The van der Waals surface area contributed by atoms with Gasteiger partial charge in [-0.05, 0) is 24.8 Å². The van der Waals surface area contributed by atoms with Crippen LogP contribution in [0.4, 0.5) is 4.79 Å². The van der Waals surface area contributed by atoms with E-state index in [-0.39, 0.29) is 35.9 Å². The van der Waals surface area contributed by atoms with E-state index in [2.05, 4.69) is 5.32 Å². The van der Waals surface area contributed by atoms with E-state index in [9.17, 15) is 9.59 Å². The number of halogens is 1. The number of nitrogens with two attached hydrogens (primary N) is 2. The molecule has 7 heteroatoms. The van der Waals surface area contributed by atoms with Gasteiger partial charge in [-0.25, -0.2) is 4.79 Å². The summed E-state index contributed by atoms with van der Waals surface area (Å²) in [5.41, 5.74) is 12.0. The average Bonchev–Trinajstić information content (AvgIpc) is 2.39. The molecular weight excluding hydrogens is 304 g/mol. The lowest BCUT2D eigenvalue weighted by molar-refractivity contribution is -0.181. The van der Waals surface area contributed by atoms with Crippen LogP contribution >= 0.6 is 12.4 Å². The van der Waals surface area contributed by atoms with Crippen molar-refractivity contribution < 1.29 is 9.59 Å². The molecule has 0 unspecified atom stereocenters. The number of hydrogen-bond acceptors (Lipinski definition) is 3. The highest BCUT2D eigenvalue weighted by molar-refractivity contribution is 5.85. The highest BCUT2D eigenvalue weighted by Crippen LogP contribution is 2.62. The monoisotopic (exact) mass is 324 g/mol. The Kier molecular flexibility index (Phi) is 4.35. The van der Waals surface area contributed by atoms with Gasteiger partial charge in [-0.15, -0.1) is 12.4 Å². The molecule has 1 aromatic rings. The summed E-state index contributed by atoms with van der Waals surface area (Å²) < 4.78 is 0. The molecule has 0 radical (unpaired) electrons. The van der Waals surface area contributed by atoms with Crippen molar-refractivity contribution in [3.8, 4) is 0 Å². The molecular formula is C15H21ClN4O2. The van der Waals surface area contributed by atoms with E-state index >= 15 is 0 Å². The first-order valence-corrected chi connectivity index (χ1v) is 7.09. The van der Waals surface area contributed by atoms with Gasteiger partial charge in [0.1, 0.15) is 0 Å². The number of carbonyl (C=O) groups excluding carboxylic acids is 2. The van der Waals surface area contributed by atoms with Crippen LogP contribution in [0.2, 0.25) is 0 Å². The lowest BCUT2D eigenvalue weighted by atomic mass is 9.44. The maximum Gasteiger partial charge on any atom is 0.312 e. The summed E-state index contributed by atoms with van der Waals surface area (Å²) in [7, 11) is 0. The van der Waals surface area contributed by atoms with Crippen LogP contribution in [0, 0.1) is 0 Å². The number of amides is 3. The molecule has 5 N–H and O–H groups in total. The summed E-state index contributed by atoms with van der Waals surface area (Å²) >= 11 is 0. The fraction of sp³-hybridized carbons (Fsp3) is 0.467. The zero-order chi connectivity index (χ0) is 15.1. The number of urea groups is 1. The van der Waals surface area contributed by atoms with E-state index in [1.807, 2.05) is 35.2 Å². The van der Waals surface area contributed by atoms with Crippen LogP contribution in [0.25, 0.3) is 0 Å². The molecule has 2 bridgehead atoms. The van der Waals surface area contributed by atoms with Crippen LogP contribution in [-0.2, 0) is 11.3 Å². The summed E-state index contributed by atoms with van der Waals surface area (Å²) in [5, 5.41) is 2.38. The van der Waals surface area contributed by atoms with Crippen molar-refractivity contribution in [2.45, 2.75) is 36.9 Å². The minimum Gasteiger partial charge on any atom is -0.352 e. The van der Waals surface area contributed by atoms with Gasteiger partial charge in [0, 0.05) is 17.6 Å². The van der Waals surface area contributed by atoms with Crippen LogP contribution in [0.1, 0.15) is 24.8 Å². The molecule has 3 saturated carbocycles. The van der Waals surface area contributed by atoms with Crippen LogP contribution in [0.15, 0.2) is 30.3 Å². The van der Waals surface area contributed by atoms with Crippen molar-refractivity contribution in [3.63, 3.8) is 0 Å². The zero-order valence-corrected chi connectivity index (χ0v) is 13.1. The maximum atomic E-state index is 12.4. The number of rotatable bonds is 5. The standard InChI is InChI=1S/C15H20N4O2.ClH/c16-13(21)18-6-12(20)19(7-11-4-2-1-3-5-11)15-8-14(17,9-15)10-15;/h1-5H,6-10,17H2,(H3,16,18,21);1H. The zero-order valence-electron chi connectivity index (χ0n) is 12.2. The Morgan fingerprint density at radius 1 is 1.18 bits per heavy atom. The molecule has 4 rings (SSSR count). The lowest BCUT2D eigenvalue weighted by Gasteiger charge is -2.72.